The fraction of sp³-hybridized carbons (Fsp3) is 0.545. The van der Waals surface area contributed by atoms with Crippen molar-refractivity contribution in [1.29, 1.82) is 0 Å². The highest BCUT2D eigenvalue weighted by atomic mass is 79.9. The number of nitro groups is 1. The predicted octanol–water partition coefficient (Wildman–Crippen LogP) is 3.57. The number of ether oxygens (including phenoxy) is 1. The van der Waals surface area contributed by atoms with Crippen molar-refractivity contribution in [1.82, 2.24) is 4.98 Å². The smallest absolute Gasteiger partial charge is 0.332 e. The zero-order valence-corrected chi connectivity index (χ0v) is 11.7. The Hall–Kier alpha value is -1.17. The molecule has 94 valence electrons. The van der Waals surface area contributed by atoms with Gasteiger partial charge in [0, 0.05) is 16.7 Å². The molecule has 0 unspecified atom stereocenters. The van der Waals surface area contributed by atoms with Gasteiger partial charge in [-0.3, -0.25) is 10.1 Å². The molecule has 0 bridgehead atoms. The summed E-state index contributed by atoms with van der Waals surface area (Å²) in [7, 11) is 0. The van der Waals surface area contributed by atoms with Gasteiger partial charge in [0.1, 0.15) is 0 Å². The van der Waals surface area contributed by atoms with Gasteiger partial charge in [0.25, 0.3) is 5.88 Å². The highest BCUT2D eigenvalue weighted by molar-refractivity contribution is 9.10. The summed E-state index contributed by atoms with van der Waals surface area (Å²) in [5.41, 5.74) is 0.0118. The summed E-state index contributed by atoms with van der Waals surface area (Å²) in [5.74, 6) is 0.0717. The standard InChI is InChI=1S/C11H15BrN2O3/c1-11(2,3)4-5-17-10-9(14(15)16)6-8(12)7-13-10/h6-7H,4-5H2,1-3H3. The molecule has 0 radical (unpaired) electrons. The van der Waals surface area contributed by atoms with E-state index in [1.54, 1.807) is 0 Å². The summed E-state index contributed by atoms with van der Waals surface area (Å²) in [5, 5.41) is 10.8. The second-order valence-corrected chi connectivity index (χ2v) is 5.81. The van der Waals surface area contributed by atoms with Gasteiger partial charge in [0.05, 0.1) is 11.5 Å². The third-order valence-corrected chi connectivity index (χ3v) is 2.52. The Balaban J connectivity index is 2.74. The van der Waals surface area contributed by atoms with Gasteiger partial charge in [-0.1, -0.05) is 20.8 Å². The van der Waals surface area contributed by atoms with Crippen LogP contribution in [0.1, 0.15) is 27.2 Å². The van der Waals surface area contributed by atoms with Gasteiger partial charge >= 0.3 is 5.69 Å². The van der Waals surface area contributed by atoms with Crippen LogP contribution in [0.5, 0.6) is 5.88 Å². The van der Waals surface area contributed by atoms with Gasteiger partial charge in [-0.25, -0.2) is 4.98 Å². The molecule has 6 heteroatoms. The Labute approximate surface area is 108 Å². The highest BCUT2D eigenvalue weighted by Gasteiger charge is 2.18. The van der Waals surface area contributed by atoms with Crippen molar-refractivity contribution < 1.29 is 9.66 Å². The van der Waals surface area contributed by atoms with Crippen LogP contribution in [0, 0.1) is 15.5 Å². The van der Waals surface area contributed by atoms with Crippen LogP contribution in [0.15, 0.2) is 16.7 Å². The zero-order chi connectivity index (χ0) is 13.1. The predicted molar refractivity (Wildman–Crippen MR) is 68.2 cm³/mol. The first kappa shape index (κ1) is 13.9. The third kappa shape index (κ3) is 4.68. The first-order valence-electron chi connectivity index (χ1n) is 5.22. The molecule has 5 nitrogen and oxygen atoms in total. The van der Waals surface area contributed by atoms with E-state index in [0.29, 0.717) is 11.1 Å². The number of aromatic nitrogens is 1. The Kier molecular flexibility index (Phi) is 4.45. The molecule has 0 amide bonds. The van der Waals surface area contributed by atoms with Crippen molar-refractivity contribution in [2.75, 3.05) is 6.61 Å². The molecule has 0 spiro atoms. The van der Waals surface area contributed by atoms with Gasteiger partial charge in [0.15, 0.2) is 0 Å². The summed E-state index contributed by atoms with van der Waals surface area (Å²) in [6.07, 6.45) is 2.29. The lowest BCUT2D eigenvalue weighted by molar-refractivity contribution is -0.386. The molecule has 1 heterocycles. The average molecular weight is 303 g/mol. The summed E-state index contributed by atoms with van der Waals surface area (Å²) >= 11 is 3.14. The Bertz CT molecular complexity index is 416. The number of nitrogens with zero attached hydrogens (tertiary/aromatic N) is 2. The quantitative estimate of drug-likeness (QED) is 0.630. The fourth-order valence-corrected chi connectivity index (χ4v) is 1.43. The molecule has 17 heavy (non-hydrogen) atoms. The maximum Gasteiger partial charge on any atom is 0.332 e. The fourth-order valence-electron chi connectivity index (χ4n) is 1.11. The maximum absolute atomic E-state index is 10.8. The van der Waals surface area contributed by atoms with Crippen molar-refractivity contribution in [3.05, 3.63) is 26.9 Å². The van der Waals surface area contributed by atoms with Crippen LogP contribution < -0.4 is 4.74 Å². The SMILES string of the molecule is CC(C)(C)CCOc1ncc(Br)cc1[N+](=O)[O-]. The first-order chi connectivity index (χ1) is 7.79. The summed E-state index contributed by atoms with van der Waals surface area (Å²) < 4.78 is 5.92. The zero-order valence-electron chi connectivity index (χ0n) is 10.1. The lowest BCUT2D eigenvalue weighted by atomic mass is 9.93. The van der Waals surface area contributed by atoms with Crippen LogP contribution in [-0.4, -0.2) is 16.5 Å². The molecule has 1 rings (SSSR count). The van der Waals surface area contributed by atoms with Crippen LogP contribution >= 0.6 is 15.9 Å². The Morgan fingerprint density at radius 3 is 2.71 bits per heavy atom. The largest absolute Gasteiger partial charge is 0.473 e. The summed E-state index contributed by atoms with van der Waals surface area (Å²) in [4.78, 5) is 14.2. The second-order valence-electron chi connectivity index (χ2n) is 4.89. The van der Waals surface area contributed by atoms with Crippen LogP contribution in [-0.2, 0) is 0 Å². The molecule has 0 aliphatic carbocycles. The van der Waals surface area contributed by atoms with Crippen molar-refractivity contribution >= 4 is 21.6 Å². The average Bonchev–Trinajstić information content (AvgIpc) is 2.18. The van der Waals surface area contributed by atoms with E-state index >= 15 is 0 Å². The second kappa shape index (κ2) is 5.44. The number of rotatable bonds is 4. The van der Waals surface area contributed by atoms with E-state index < -0.39 is 4.92 Å². The molecular weight excluding hydrogens is 288 g/mol. The van der Waals surface area contributed by atoms with Crippen LogP contribution in [0.4, 0.5) is 5.69 Å². The molecule has 0 aromatic carbocycles. The van der Waals surface area contributed by atoms with Gasteiger partial charge in [-0.2, -0.15) is 0 Å². The van der Waals surface area contributed by atoms with Crippen LogP contribution in [0.2, 0.25) is 0 Å². The van der Waals surface area contributed by atoms with Crippen LogP contribution in [0.25, 0.3) is 0 Å². The number of hydrogen-bond acceptors (Lipinski definition) is 4. The topological polar surface area (TPSA) is 65.3 Å². The molecule has 1 aromatic heterocycles. The van der Waals surface area contributed by atoms with E-state index in [0.717, 1.165) is 6.42 Å². The third-order valence-electron chi connectivity index (χ3n) is 2.09. The van der Waals surface area contributed by atoms with E-state index in [9.17, 15) is 10.1 Å². The van der Waals surface area contributed by atoms with E-state index in [1.165, 1.54) is 12.3 Å². The first-order valence-corrected chi connectivity index (χ1v) is 6.01. The lowest BCUT2D eigenvalue weighted by Crippen LogP contribution is -2.12. The van der Waals surface area contributed by atoms with Crippen molar-refractivity contribution in [2.24, 2.45) is 5.41 Å². The van der Waals surface area contributed by atoms with Gasteiger partial charge < -0.3 is 4.74 Å². The Morgan fingerprint density at radius 1 is 1.53 bits per heavy atom. The Morgan fingerprint density at radius 2 is 2.18 bits per heavy atom. The van der Waals surface area contributed by atoms with E-state index in [2.05, 4.69) is 41.7 Å². The molecule has 1 aromatic rings. The highest BCUT2D eigenvalue weighted by Crippen LogP contribution is 2.28. The van der Waals surface area contributed by atoms with Crippen LogP contribution in [0.3, 0.4) is 0 Å². The van der Waals surface area contributed by atoms with Crippen molar-refractivity contribution in [2.45, 2.75) is 27.2 Å². The lowest BCUT2D eigenvalue weighted by Gasteiger charge is -2.17. The minimum absolute atomic E-state index is 0.0717. The number of pyridine rings is 1. The normalized spacial score (nSPS) is 11.3. The molecule has 0 atom stereocenters. The molecule has 0 aliphatic heterocycles. The number of halogens is 1. The van der Waals surface area contributed by atoms with Gasteiger partial charge in [0.2, 0.25) is 0 Å². The van der Waals surface area contributed by atoms with E-state index in [4.69, 9.17) is 4.74 Å². The molecule has 0 aliphatic rings. The molecule has 0 N–H and O–H groups in total. The molecule has 0 saturated heterocycles. The minimum atomic E-state index is -0.496. The monoisotopic (exact) mass is 302 g/mol. The van der Waals surface area contributed by atoms with E-state index in [1.807, 2.05) is 0 Å². The maximum atomic E-state index is 10.8. The van der Waals surface area contributed by atoms with E-state index in [-0.39, 0.29) is 17.0 Å². The molecular formula is C11H15BrN2O3. The van der Waals surface area contributed by atoms with Gasteiger partial charge in [-0.15, -0.1) is 0 Å². The molecule has 0 saturated carbocycles. The van der Waals surface area contributed by atoms with Crippen molar-refractivity contribution in [3.8, 4) is 5.88 Å². The van der Waals surface area contributed by atoms with Crippen molar-refractivity contribution in [3.63, 3.8) is 0 Å². The summed E-state index contributed by atoms with van der Waals surface area (Å²) in [6.45, 7) is 6.67. The minimum Gasteiger partial charge on any atom is -0.473 e. The molecule has 0 fully saturated rings. The number of hydrogen-bond donors (Lipinski definition) is 0. The van der Waals surface area contributed by atoms with Gasteiger partial charge in [-0.05, 0) is 27.8 Å². The summed E-state index contributed by atoms with van der Waals surface area (Å²) in [6, 6.07) is 1.39.